The van der Waals surface area contributed by atoms with Crippen LogP contribution in [0.25, 0.3) is 0 Å². The predicted octanol–water partition coefficient (Wildman–Crippen LogP) is 4.30. The zero-order valence-corrected chi connectivity index (χ0v) is 16.0. The van der Waals surface area contributed by atoms with Crippen LogP contribution in [0, 0.1) is 17.6 Å². The van der Waals surface area contributed by atoms with Crippen molar-refractivity contribution in [2.24, 2.45) is 0 Å². The highest BCUT2D eigenvalue weighted by molar-refractivity contribution is 8.03. The Morgan fingerprint density at radius 1 is 1.35 bits per heavy atom. The molecule has 1 heterocycles. The second-order valence-corrected chi connectivity index (χ2v) is 7.87. The van der Waals surface area contributed by atoms with E-state index in [2.05, 4.69) is 5.32 Å². The van der Waals surface area contributed by atoms with Gasteiger partial charge in [-0.3, -0.25) is 4.79 Å². The van der Waals surface area contributed by atoms with E-state index in [-0.39, 0.29) is 12.5 Å². The Kier molecular flexibility index (Phi) is 5.96. The molecule has 1 amide bonds. The summed E-state index contributed by atoms with van der Waals surface area (Å²) in [5.41, 5.74) is 3.18. The number of esters is 1. The summed E-state index contributed by atoms with van der Waals surface area (Å²) in [5.74, 6) is -0.816. The summed E-state index contributed by atoms with van der Waals surface area (Å²) in [4.78, 5) is 26.5. The third kappa shape index (κ3) is 4.26. The van der Waals surface area contributed by atoms with E-state index >= 15 is 0 Å². The average Bonchev–Trinajstić information content (AvgIpc) is 3.06. The number of anilines is 1. The van der Waals surface area contributed by atoms with E-state index < -0.39 is 5.97 Å². The molecule has 1 N–H and O–H groups in total. The molecule has 0 bridgehead atoms. The minimum atomic E-state index is -0.433. The maximum Gasteiger partial charge on any atom is 0.339 e. The van der Waals surface area contributed by atoms with Crippen molar-refractivity contribution >= 4 is 40.7 Å². The number of ether oxygens (including phenoxy) is 1. The molecule has 5 nitrogen and oxygen atoms in total. The van der Waals surface area contributed by atoms with Gasteiger partial charge in [0.25, 0.3) is 5.91 Å². The number of thiophene rings is 1. The number of nitriles is 1. The number of nitrogens with zero attached hydrogens (tertiary/aromatic N) is 1. The van der Waals surface area contributed by atoms with Crippen molar-refractivity contribution in [3.8, 4) is 5.40 Å². The number of hydrogen-bond acceptors (Lipinski definition) is 6. The summed E-state index contributed by atoms with van der Waals surface area (Å²) < 4.78 is 5.20. The van der Waals surface area contributed by atoms with Gasteiger partial charge < -0.3 is 10.1 Å². The number of carbonyl (C=O) groups is 2. The van der Waals surface area contributed by atoms with Crippen LogP contribution in [-0.4, -0.2) is 18.5 Å². The number of thioether (sulfide) groups is 1. The molecule has 0 fully saturated rings. The molecule has 0 saturated heterocycles. The fourth-order valence-electron chi connectivity index (χ4n) is 2.95. The normalized spacial score (nSPS) is 12.8. The molecule has 0 atom stereocenters. The van der Waals surface area contributed by atoms with Crippen LogP contribution < -0.4 is 5.32 Å². The minimum absolute atomic E-state index is 0.322. The molecule has 134 valence electrons. The number of aryl methyl sites for hydroxylation is 2. The molecule has 0 radical (unpaired) electrons. The predicted molar refractivity (Wildman–Crippen MR) is 103 cm³/mol. The Morgan fingerprint density at radius 3 is 2.92 bits per heavy atom. The topological polar surface area (TPSA) is 79.2 Å². The molecular formula is C19H18N2O3S2. The van der Waals surface area contributed by atoms with Crippen LogP contribution in [0.5, 0.6) is 0 Å². The molecule has 0 unspecified atom stereocenters. The Balaban J connectivity index is 1.57. The number of rotatable bonds is 5. The first-order chi connectivity index (χ1) is 12.6. The molecule has 1 aromatic heterocycles. The number of fused-ring (bicyclic) bond motifs is 1. The van der Waals surface area contributed by atoms with Gasteiger partial charge in [0.15, 0.2) is 6.61 Å². The monoisotopic (exact) mass is 386 g/mol. The summed E-state index contributed by atoms with van der Waals surface area (Å²) in [6.07, 6.45) is 4.17. The highest BCUT2D eigenvalue weighted by Crippen LogP contribution is 2.30. The van der Waals surface area contributed by atoms with E-state index in [1.807, 2.05) is 23.8 Å². The van der Waals surface area contributed by atoms with E-state index in [1.165, 1.54) is 4.88 Å². The molecule has 1 aliphatic rings. The van der Waals surface area contributed by atoms with Crippen LogP contribution in [0.2, 0.25) is 0 Å². The average molecular weight is 386 g/mol. The molecule has 0 spiro atoms. The van der Waals surface area contributed by atoms with Crippen molar-refractivity contribution in [2.45, 2.75) is 37.5 Å². The summed E-state index contributed by atoms with van der Waals surface area (Å²) in [6.45, 7) is 1.53. The first kappa shape index (κ1) is 18.5. The van der Waals surface area contributed by atoms with Crippen molar-refractivity contribution in [1.29, 1.82) is 5.26 Å². The van der Waals surface area contributed by atoms with Crippen LogP contribution in [0.3, 0.4) is 0 Å². The standard InChI is InChI=1S/C19H18N2O3S2/c1-12-8-13(26-11-20)6-7-16(12)21-18(22)9-24-19(23)15-10-25-17-5-3-2-4-14(15)17/h6-8,10H,2-5,9H2,1H3,(H,21,22). The van der Waals surface area contributed by atoms with Gasteiger partial charge >= 0.3 is 5.97 Å². The quantitative estimate of drug-likeness (QED) is 0.471. The van der Waals surface area contributed by atoms with Crippen molar-refractivity contribution in [3.05, 3.63) is 45.1 Å². The minimum Gasteiger partial charge on any atom is -0.452 e. The van der Waals surface area contributed by atoms with Gasteiger partial charge in [0.2, 0.25) is 0 Å². The Labute approximate surface area is 160 Å². The molecule has 26 heavy (non-hydrogen) atoms. The number of amides is 1. The molecular weight excluding hydrogens is 368 g/mol. The van der Waals surface area contributed by atoms with E-state index in [9.17, 15) is 9.59 Å². The van der Waals surface area contributed by atoms with Gasteiger partial charge in [0.05, 0.1) is 5.56 Å². The largest absolute Gasteiger partial charge is 0.452 e. The zero-order chi connectivity index (χ0) is 18.5. The van der Waals surface area contributed by atoms with E-state index in [4.69, 9.17) is 10.00 Å². The Bertz CT molecular complexity index is 883. The summed E-state index contributed by atoms with van der Waals surface area (Å²) in [7, 11) is 0. The van der Waals surface area contributed by atoms with Crippen molar-refractivity contribution < 1.29 is 14.3 Å². The number of thiocyanates is 1. The van der Waals surface area contributed by atoms with Crippen LogP contribution in [0.15, 0.2) is 28.5 Å². The van der Waals surface area contributed by atoms with Gasteiger partial charge in [-0.1, -0.05) is 0 Å². The van der Waals surface area contributed by atoms with Gasteiger partial charge in [0, 0.05) is 20.8 Å². The van der Waals surface area contributed by atoms with Gasteiger partial charge in [0.1, 0.15) is 5.40 Å². The lowest BCUT2D eigenvalue weighted by atomic mass is 9.96. The molecule has 0 saturated carbocycles. The van der Waals surface area contributed by atoms with Crippen molar-refractivity contribution in [2.75, 3.05) is 11.9 Å². The van der Waals surface area contributed by atoms with E-state index in [0.717, 1.165) is 53.5 Å². The van der Waals surface area contributed by atoms with Crippen LogP contribution >= 0.6 is 23.1 Å². The van der Waals surface area contributed by atoms with Crippen molar-refractivity contribution in [3.63, 3.8) is 0 Å². The second-order valence-electron chi connectivity index (χ2n) is 6.05. The maximum absolute atomic E-state index is 12.3. The first-order valence-electron chi connectivity index (χ1n) is 8.31. The van der Waals surface area contributed by atoms with E-state index in [1.54, 1.807) is 23.5 Å². The number of nitrogens with one attached hydrogen (secondary N) is 1. The summed E-state index contributed by atoms with van der Waals surface area (Å²) in [5, 5.41) is 15.3. The zero-order valence-electron chi connectivity index (χ0n) is 14.3. The third-order valence-corrected chi connectivity index (χ3v) is 5.92. The highest BCUT2D eigenvalue weighted by atomic mass is 32.2. The molecule has 2 aromatic rings. The lowest BCUT2D eigenvalue weighted by molar-refractivity contribution is -0.119. The van der Waals surface area contributed by atoms with Crippen LogP contribution in [-0.2, 0) is 22.4 Å². The first-order valence-corrected chi connectivity index (χ1v) is 10.0. The maximum atomic E-state index is 12.3. The third-order valence-electron chi connectivity index (χ3n) is 4.25. The Hall–Kier alpha value is -2.30. The van der Waals surface area contributed by atoms with Gasteiger partial charge in [-0.2, -0.15) is 5.26 Å². The van der Waals surface area contributed by atoms with Gasteiger partial charge in [-0.05, 0) is 73.7 Å². The molecule has 3 rings (SSSR count). The summed E-state index contributed by atoms with van der Waals surface area (Å²) in [6, 6.07) is 5.33. The lowest BCUT2D eigenvalue weighted by Gasteiger charge is -2.12. The second kappa shape index (κ2) is 8.39. The van der Waals surface area contributed by atoms with Crippen molar-refractivity contribution in [1.82, 2.24) is 0 Å². The molecule has 1 aliphatic carbocycles. The Morgan fingerprint density at radius 2 is 2.15 bits per heavy atom. The number of benzene rings is 1. The fraction of sp³-hybridized carbons (Fsp3) is 0.316. The van der Waals surface area contributed by atoms with Gasteiger partial charge in [-0.25, -0.2) is 4.79 Å². The fourth-order valence-corrected chi connectivity index (χ4v) is 4.55. The van der Waals surface area contributed by atoms with Gasteiger partial charge in [-0.15, -0.1) is 11.3 Å². The SMILES string of the molecule is Cc1cc(SC#N)ccc1NC(=O)COC(=O)c1csc2c1CCCC2. The molecule has 1 aromatic carbocycles. The number of hydrogen-bond donors (Lipinski definition) is 1. The molecule has 7 heteroatoms. The lowest BCUT2D eigenvalue weighted by Crippen LogP contribution is -2.21. The van der Waals surface area contributed by atoms with Crippen LogP contribution in [0.4, 0.5) is 5.69 Å². The molecule has 0 aliphatic heterocycles. The highest BCUT2D eigenvalue weighted by Gasteiger charge is 2.21. The smallest absolute Gasteiger partial charge is 0.339 e. The van der Waals surface area contributed by atoms with E-state index in [0.29, 0.717) is 11.3 Å². The summed E-state index contributed by atoms with van der Waals surface area (Å²) >= 11 is 2.66. The number of carbonyl (C=O) groups excluding carboxylic acids is 2. The van der Waals surface area contributed by atoms with Crippen LogP contribution in [0.1, 0.15) is 39.2 Å².